The Bertz CT molecular complexity index is 586. The summed E-state index contributed by atoms with van der Waals surface area (Å²) >= 11 is 0. The standard InChI is InChI=1S/C21H34N4O2/c1-3-5-15-27-16-7-13-23-21(22-4-2)24-17-18-9-11-19(12-10-18)25-14-6-8-20(25)26/h9-12H,3-8,13-17H2,1-2H3,(H2,22,23,24). The van der Waals surface area contributed by atoms with Gasteiger partial charge in [-0.15, -0.1) is 0 Å². The second-order valence-electron chi connectivity index (χ2n) is 6.76. The van der Waals surface area contributed by atoms with Gasteiger partial charge in [-0.2, -0.15) is 0 Å². The van der Waals surface area contributed by atoms with Crippen LogP contribution in [0, 0.1) is 0 Å². The minimum atomic E-state index is 0.220. The van der Waals surface area contributed by atoms with Gasteiger partial charge < -0.3 is 20.3 Å². The van der Waals surface area contributed by atoms with Crippen molar-refractivity contribution in [3.63, 3.8) is 0 Å². The van der Waals surface area contributed by atoms with E-state index in [1.807, 2.05) is 17.0 Å². The number of unbranched alkanes of at least 4 members (excludes halogenated alkanes) is 1. The number of carbonyl (C=O) groups excluding carboxylic acids is 1. The molecule has 1 aliphatic heterocycles. The number of aliphatic imine (C=N–C) groups is 1. The number of nitrogens with one attached hydrogen (secondary N) is 2. The van der Waals surface area contributed by atoms with Gasteiger partial charge in [-0.1, -0.05) is 25.5 Å². The molecule has 6 nitrogen and oxygen atoms in total. The number of amides is 1. The van der Waals surface area contributed by atoms with E-state index >= 15 is 0 Å². The van der Waals surface area contributed by atoms with Gasteiger partial charge in [-0.3, -0.25) is 4.79 Å². The molecule has 1 aliphatic rings. The van der Waals surface area contributed by atoms with Gasteiger partial charge in [-0.25, -0.2) is 4.99 Å². The first kappa shape index (κ1) is 21.2. The Morgan fingerprint density at radius 2 is 1.93 bits per heavy atom. The van der Waals surface area contributed by atoms with Crippen molar-refractivity contribution in [2.75, 3.05) is 37.7 Å². The smallest absolute Gasteiger partial charge is 0.227 e. The van der Waals surface area contributed by atoms with E-state index in [1.54, 1.807) is 0 Å². The van der Waals surface area contributed by atoms with E-state index in [-0.39, 0.29) is 5.91 Å². The molecule has 1 fully saturated rings. The normalized spacial score (nSPS) is 14.7. The second kappa shape index (κ2) is 12.3. The Kier molecular flexibility index (Phi) is 9.69. The zero-order valence-electron chi connectivity index (χ0n) is 16.8. The molecule has 27 heavy (non-hydrogen) atoms. The molecule has 1 aromatic rings. The predicted octanol–water partition coefficient (Wildman–Crippen LogP) is 3.08. The van der Waals surface area contributed by atoms with E-state index in [1.165, 1.54) is 6.42 Å². The molecule has 0 bridgehead atoms. The fraction of sp³-hybridized carbons (Fsp3) is 0.619. The summed E-state index contributed by atoms with van der Waals surface area (Å²) in [7, 11) is 0. The molecule has 2 rings (SSSR count). The highest BCUT2D eigenvalue weighted by molar-refractivity contribution is 5.95. The molecule has 0 saturated carbocycles. The van der Waals surface area contributed by atoms with E-state index < -0.39 is 0 Å². The van der Waals surface area contributed by atoms with Crippen LogP contribution in [0.2, 0.25) is 0 Å². The lowest BCUT2D eigenvalue weighted by atomic mass is 10.2. The molecule has 6 heteroatoms. The van der Waals surface area contributed by atoms with Crippen molar-refractivity contribution in [1.82, 2.24) is 10.6 Å². The van der Waals surface area contributed by atoms with Crippen molar-refractivity contribution >= 4 is 17.6 Å². The monoisotopic (exact) mass is 374 g/mol. The molecule has 0 aliphatic carbocycles. The quantitative estimate of drug-likeness (QED) is 0.355. The third kappa shape index (κ3) is 7.59. The Labute approximate surface area is 163 Å². The maximum Gasteiger partial charge on any atom is 0.227 e. The van der Waals surface area contributed by atoms with Crippen LogP contribution in [0.25, 0.3) is 0 Å². The molecule has 0 atom stereocenters. The predicted molar refractivity (Wildman–Crippen MR) is 111 cm³/mol. The maximum absolute atomic E-state index is 11.8. The molecular weight excluding hydrogens is 340 g/mol. The Morgan fingerprint density at radius 3 is 2.59 bits per heavy atom. The first-order valence-corrected chi connectivity index (χ1v) is 10.2. The van der Waals surface area contributed by atoms with Gasteiger partial charge in [0.1, 0.15) is 0 Å². The number of rotatable bonds is 11. The summed E-state index contributed by atoms with van der Waals surface area (Å²) in [6, 6.07) is 8.13. The van der Waals surface area contributed by atoms with Crippen molar-refractivity contribution in [3.05, 3.63) is 29.8 Å². The average Bonchev–Trinajstić information content (AvgIpc) is 3.11. The highest BCUT2D eigenvalue weighted by atomic mass is 16.5. The molecule has 2 N–H and O–H groups in total. The fourth-order valence-electron chi connectivity index (χ4n) is 2.94. The lowest BCUT2D eigenvalue weighted by Crippen LogP contribution is -2.38. The third-order valence-corrected chi connectivity index (χ3v) is 4.49. The van der Waals surface area contributed by atoms with Gasteiger partial charge in [0.2, 0.25) is 5.91 Å². The van der Waals surface area contributed by atoms with E-state index in [0.717, 1.165) is 69.3 Å². The summed E-state index contributed by atoms with van der Waals surface area (Å²) < 4.78 is 5.58. The van der Waals surface area contributed by atoms with Gasteiger partial charge in [0.05, 0.1) is 6.54 Å². The minimum Gasteiger partial charge on any atom is -0.381 e. The van der Waals surface area contributed by atoms with E-state index in [2.05, 4.69) is 41.6 Å². The fourth-order valence-corrected chi connectivity index (χ4v) is 2.94. The highest BCUT2D eigenvalue weighted by Crippen LogP contribution is 2.21. The summed E-state index contributed by atoms with van der Waals surface area (Å²) in [5.74, 6) is 1.04. The van der Waals surface area contributed by atoms with Crippen LogP contribution >= 0.6 is 0 Å². The number of hydrogen-bond acceptors (Lipinski definition) is 3. The summed E-state index contributed by atoms with van der Waals surface area (Å²) in [5, 5.41) is 6.62. The third-order valence-electron chi connectivity index (χ3n) is 4.49. The number of nitrogens with zero attached hydrogens (tertiary/aromatic N) is 2. The number of guanidine groups is 1. The lowest BCUT2D eigenvalue weighted by molar-refractivity contribution is -0.117. The van der Waals surface area contributed by atoms with Crippen molar-refractivity contribution < 1.29 is 9.53 Å². The van der Waals surface area contributed by atoms with Crippen LogP contribution in [0.3, 0.4) is 0 Å². The number of anilines is 1. The van der Waals surface area contributed by atoms with Crippen molar-refractivity contribution in [1.29, 1.82) is 0 Å². The molecule has 1 heterocycles. The molecule has 150 valence electrons. The SMILES string of the molecule is CCCCOCCCNC(=NCc1ccc(N2CCCC2=O)cc1)NCC. The number of benzene rings is 1. The number of ether oxygens (including phenoxy) is 1. The van der Waals surface area contributed by atoms with Crippen LogP contribution in [0.1, 0.15) is 51.5 Å². The van der Waals surface area contributed by atoms with Crippen LogP contribution in [0.15, 0.2) is 29.3 Å². The Hall–Kier alpha value is -2.08. The summed E-state index contributed by atoms with van der Waals surface area (Å²) in [6.07, 6.45) is 4.87. The Balaban J connectivity index is 1.77. The van der Waals surface area contributed by atoms with Crippen LogP contribution in [-0.4, -0.2) is 44.7 Å². The molecule has 1 amide bonds. The molecule has 0 radical (unpaired) electrons. The Morgan fingerprint density at radius 1 is 1.15 bits per heavy atom. The lowest BCUT2D eigenvalue weighted by Gasteiger charge is -2.16. The van der Waals surface area contributed by atoms with Crippen molar-refractivity contribution in [2.24, 2.45) is 4.99 Å². The van der Waals surface area contributed by atoms with Crippen LogP contribution < -0.4 is 15.5 Å². The second-order valence-corrected chi connectivity index (χ2v) is 6.76. The maximum atomic E-state index is 11.8. The number of hydrogen-bond donors (Lipinski definition) is 2. The largest absolute Gasteiger partial charge is 0.381 e. The summed E-state index contributed by atoms with van der Waals surface area (Å²) in [5.41, 5.74) is 2.11. The zero-order chi connectivity index (χ0) is 19.3. The van der Waals surface area contributed by atoms with Gasteiger partial charge >= 0.3 is 0 Å². The molecule has 1 aromatic carbocycles. The van der Waals surface area contributed by atoms with Gasteiger partial charge in [0.15, 0.2) is 5.96 Å². The summed E-state index contributed by atoms with van der Waals surface area (Å²) in [4.78, 5) is 18.3. The molecule has 0 aromatic heterocycles. The minimum absolute atomic E-state index is 0.220. The van der Waals surface area contributed by atoms with E-state index in [9.17, 15) is 4.79 Å². The van der Waals surface area contributed by atoms with Gasteiger partial charge in [0, 0.05) is 45.0 Å². The molecular formula is C21H34N4O2. The van der Waals surface area contributed by atoms with E-state index in [0.29, 0.717) is 13.0 Å². The highest BCUT2D eigenvalue weighted by Gasteiger charge is 2.21. The van der Waals surface area contributed by atoms with Crippen LogP contribution in [-0.2, 0) is 16.1 Å². The van der Waals surface area contributed by atoms with Crippen molar-refractivity contribution in [2.45, 2.75) is 52.5 Å². The zero-order valence-corrected chi connectivity index (χ0v) is 16.8. The number of carbonyl (C=O) groups is 1. The van der Waals surface area contributed by atoms with Gasteiger partial charge in [-0.05, 0) is 43.9 Å². The topological polar surface area (TPSA) is 66.0 Å². The molecule has 0 spiro atoms. The first-order valence-electron chi connectivity index (χ1n) is 10.2. The van der Waals surface area contributed by atoms with Crippen LogP contribution in [0.4, 0.5) is 5.69 Å². The average molecular weight is 375 g/mol. The van der Waals surface area contributed by atoms with Crippen molar-refractivity contribution in [3.8, 4) is 0 Å². The summed E-state index contributed by atoms with van der Waals surface area (Å²) in [6.45, 7) is 8.97. The first-order chi connectivity index (χ1) is 13.2. The van der Waals surface area contributed by atoms with Crippen LogP contribution in [0.5, 0.6) is 0 Å². The van der Waals surface area contributed by atoms with Gasteiger partial charge in [0.25, 0.3) is 0 Å². The molecule has 1 saturated heterocycles. The molecule has 0 unspecified atom stereocenters. The van der Waals surface area contributed by atoms with E-state index in [4.69, 9.17) is 4.74 Å².